The lowest BCUT2D eigenvalue weighted by atomic mass is 10.0. The van der Waals surface area contributed by atoms with Crippen molar-refractivity contribution in [3.8, 4) is 5.75 Å². The van der Waals surface area contributed by atoms with Gasteiger partial charge >= 0.3 is 0 Å². The van der Waals surface area contributed by atoms with Crippen LogP contribution in [0.15, 0.2) is 12.1 Å². The van der Waals surface area contributed by atoms with Gasteiger partial charge in [-0.05, 0) is 25.0 Å². The van der Waals surface area contributed by atoms with Gasteiger partial charge in [0, 0.05) is 17.0 Å². The molecule has 19 heavy (non-hydrogen) atoms. The Hall–Kier alpha value is -0.480. The summed E-state index contributed by atoms with van der Waals surface area (Å²) in [6, 6.07) is 3.71. The predicted octanol–water partition coefficient (Wildman–Crippen LogP) is 4.28. The molecule has 0 saturated heterocycles. The zero-order valence-electron chi connectivity index (χ0n) is 10.6. The van der Waals surface area contributed by atoms with Crippen molar-refractivity contribution < 1.29 is 9.57 Å². The van der Waals surface area contributed by atoms with Crippen molar-refractivity contribution in [3.63, 3.8) is 0 Å². The number of fused-ring (bicyclic) bond motifs is 1. The number of nitrogens with one attached hydrogen (secondary N) is 1. The molecular formula is C14H17Cl2NO2. The van der Waals surface area contributed by atoms with Crippen molar-refractivity contribution in [1.29, 1.82) is 0 Å². The zero-order valence-corrected chi connectivity index (χ0v) is 12.1. The number of benzene rings is 1. The number of halogens is 2. The van der Waals surface area contributed by atoms with E-state index in [4.69, 9.17) is 32.8 Å². The largest absolute Gasteiger partial charge is 0.492 e. The topological polar surface area (TPSA) is 30.5 Å². The number of hydrogen-bond acceptors (Lipinski definition) is 3. The van der Waals surface area contributed by atoms with E-state index in [-0.39, 0.29) is 6.04 Å². The molecule has 1 unspecified atom stereocenters. The minimum atomic E-state index is 0.0977. The van der Waals surface area contributed by atoms with Gasteiger partial charge in [-0.25, -0.2) is 0 Å². The van der Waals surface area contributed by atoms with Crippen LogP contribution in [0.3, 0.4) is 0 Å². The van der Waals surface area contributed by atoms with Gasteiger partial charge < -0.3 is 4.74 Å². The molecule has 1 N–H and O–H groups in total. The minimum absolute atomic E-state index is 0.0977. The maximum Gasteiger partial charge on any atom is 0.142 e. The lowest BCUT2D eigenvalue weighted by Crippen LogP contribution is -2.30. The van der Waals surface area contributed by atoms with Crippen LogP contribution in [0.2, 0.25) is 10.0 Å². The highest BCUT2D eigenvalue weighted by Crippen LogP contribution is 2.40. The third-order valence-corrected chi connectivity index (χ3v) is 4.24. The summed E-state index contributed by atoms with van der Waals surface area (Å²) in [4.78, 5) is 5.79. The standard InChI is InChI=1S/C14H17Cl2NO2/c15-9-7-11-13(17-19-10-3-1-2-4-10)5-6-18-14(11)12(16)8-9/h7-8,10,13,17H,1-6H2. The molecule has 104 valence electrons. The van der Waals surface area contributed by atoms with Crippen molar-refractivity contribution >= 4 is 23.2 Å². The van der Waals surface area contributed by atoms with E-state index in [0.29, 0.717) is 22.8 Å². The van der Waals surface area contributed by atoms with E-state index >= 15 is 0 Å². The second-order valence-electron chi connectivity index (χ2n) is 5.14. The number of hydrogen-bond donors (Lipinski definition) is 1. The summed E-state index contributed by atoms with van der Waals surface area (Å²) in [5, 5.41) is 1.19. The summed E-state index contributed by atoms with van der Waals surface area (Å²) >= 11 is 12.2. The Morgan fingerprint density at radius 1 is 1.16 bits per heavy atom. The first kappa shape index (κ1) is 13.5. The fourth-order valence-corrected chi connectivity index (χ4v) is 3.30. The second kappa shape index (κ2) is 5.88. The van der Waals surface area contributed by atoms with Crippen LogP contribution in [-0.4, -0.2) is 12.7 Å². The fourth-order valence-electron chi connectivity index (χ4n) is 2.73. The van der Waals surface area contributed by atoms with Gasteiger partial charge in [-0.2, -0.15) is 5.48 Å². The van der Waals surface area contributed by atoms with E-state index in [9.17, 15) is 0 Å². The summed E-state index contributed by atoms with van der Waals surface area (Å²) < 4.78 is 5.63. The first-order valence-corrected chi connectivity index (χ1v) is 7.52. The van der Waals surface area contributed by atoms with Crippen LogP contribution in [0.1, 0.15) is 43.7 Å². The van der Waals surface area contributed by atoms with Gasteiger partial charge in [0.1, 0.15) is 5.75 Å². The van der Waals surface area contributed by atoms with Gasteiger partial charge in [0.2, 0.25) is 0 Å². The Bertz CT molecular complexity index is 461. The maximum atomic E-state index is 6.16. The molecule has 1 aliphatic heterocycles. The van der Waals surface area contributed by atoms with Crippen LogP contribution in [0.4, 0.5) is 0 Å². The van der Waals surface area contributed by atoms with E-state index in [2.05, 4.69) is 5.48 Å². The summed E-state index contributed by atoms with van der Waals surface area (Å²) in [6.45, 7) is 0.639. The van der Waals surface area contributed by atoms with Crippen molar-refractivity contribution in [2.75, 3.05) is 6.61 Å². The molecule has 0 bridgehead atoms. The van der Waals surface area contributed by atoms with Crippen LogP contribution in [-0.2, 0) is 4.84 Å². The smallest absolute Gasteiger partial charge is 0.142 e. The third-order valence-electron chi connectivity index (χ3n) is 3.74. The molecule has 5 heteroatoms. The van der Waals surface area contributed by atoms with Gasteiger partial charge in [-0.15, -0.1) is 0 Å². The zero-order chi connectivity index (χ0) is 13.2. The number of hydroxylamine groups is 1. The highest BCUT2D eigenvalue weighted by molar-refractivity contribution is 6.35. The van der Waals surface area contributed by atoms with Crippen molar-refractivity contribution in [2.24, 2.45) is 0 Å². The summed E-state index contributed by atoms with van der Waals surface area (Å²) in [5.74, 6) is 0.727. The molecule has 0 radical (unpaired) electrons. The van der Waals surface area contributed by atoms with E-state index in [0.717, 1.165) is 30.6 Å². The van der Waals surface area contributed by atoms with Crippen LogP contribution in [0, 0.1) is 0 Å². The quantitative estimate of drug-likeness (QED) is 0.845. The molecule has 2 aliphatic rings. The van der Waals surface area contributed by atoms with Crippen LogP contribution in [0.25, 0.3) is 0 Å². The Morgan fingerprint density at radius 2 is 1.95 bits per heavy atom. The lowest BCUT2D eigenvalue weighted by molar-refractivity contribution is -0.0469. The molecule has 3 nitrogen and oxygen atoms in total. The highest BCUT2D eigenvalue weighted by atomic mass is 35.5. The molecule has 1 aliphatic carbocycles. The number of ether oxygens (including phenoxy) is 1. The molecule has 1 fully saturated rings. The molecule has 0 spiro atoms. The van der Waals surface area contributed by atoms with Crippen molar-refractivity contribution in [1.82, 2.24) is 5.48 Å². The minimum Gasteiger partial charge on any atom is -0.492 e. The normalized spacial score (nSPS) is 23.2. The molecular weight excluding hydrogens is 285 g/mol. The Labute approximate surface area is 123 Å². The van der Waals surface area contributed by atoms with Gasteiger partial charge in [0.05, 0.1) is 23.8 Å². The Kier molecular flexibility index (Phi) is 4.18. The number of rotatable bonds is 3. The summed E-state index contributed by atoms with van der Waals surface area (Å²) in [6.07, 6.45) is 5.98. The highest BCUT2D eigenvalue weighted by Gasteiger charge is 2.26. The van der Waals surface area contributed by atoms with Crippen LogP contribution >= 0.6 is 23.2 Å². The lowest BCUT2D eigenvalue weighted by Gasteiger charge is -2.28. The molecule has 0 amide bonds. The average molecular weight is 302 g/mol. The van der Waals surface area contributed by atoms with E-state index < -0.39 is 0 Å². The Balaban J connectivity index is 1.74. The molecule has 1 aromatic rings. The molecule has 1 heterocycles. The van der Waals surface area contributed by atoms with E-state index in [1.807, 2.05) is 6.07 Å². The van der Waals surface area contributed by atoms with Crippen LogP contribution in [0.5, 0.6) is 5.75 Å². The molecule has 1 aromatic carbocycles. The molecule has 1 atom stereocenters. The van der Waals surface area contributed by atoms with E-state index in [1.165, 1.54) is 12.8 Å². The first-order valence-electron chi connectivity index (χ1n) is 6.77. The van der Waals surface area contributed by atoms with Gasteiger partial charge in [0.15, 0.2) is 0 Å². The molecule has 0 aromatic heterocycles. The first-order chi connectivity index (χ1) is 9.24. The van der Waals surface area contributed by atoms with Gasteiger partial charge in [0.25, 0.3) is 0 Å². The third kappa shape index (κ3) is 3.00. The fraction of sp³-hybridized carbons (Fsp3) is 0.571. The predicted molar refractivity (Wildman–Crippen MR) is 75.8 cm³/mol. The molecule has 1 saturated carbocycles. The van der Waals surface area contributed by atoms with Crippen LogP contribution < -0.4 is 10.2 Å². The van der Waals surface area contributed by atoms with Gasteiger partial charge in [-0.3, -0.25) is 4.84 Å². The monoisotopic (exact) mass is 301 g/mol. The van der Waals surface area contributed by atoms with Crippen molar-refractivity contribution in [3.05, 3.63) is 27.7 Å². The van der Waals surface area contributed by atoms with Crippen molar-refractivity contribution in [2.45, 2.75) is 44.2 Å². The maximum absolute atomic E-state index is 6.16. The SMILES string of the molecule is Clc1cc(Cl)c2c(c1)C(NOC1CCCC1)CCO2. The Morgan fingerprint density at radius 3 is 2.74 bits per heavy atom. The summed E-state index contributed by atoms with van der Waals surface area (Å²) in [5.41, 5.74) is 4.16. The summed E-state index contributed by atoms with van der Waals surface area (Å²) in [7, 11) is 0. The van der Waals surface area contributed by atoms with Gasteiger partial charge in [-0.1, -0.05) is 36.0 Å². The molecule has 3 rings (SSSR count). The second-order valence-corrected chi connectivity index (χ2v) is 5.98. The average Bonchev–Trinajstić information content (AvgIpc) is 2.89. The van der Waals surface area contributed by atoms with E-state index in [1.54, 1.807) is 6.07 Å².